The molecule has 1 aliphatic heterocycles. The number of nitrogens with one attached hydrogen (secondary N) is 1. The average molecular weight is 490 g/mol. The number of fused-ring (bicyclic) bond motifs is 2. The van der Waals surface area contributed by atoms with Gasteiger partial charge in [-0.3, -0.25) is 14.6 Å². The van der Waals surface area contributed by atoms with Crippen molar-refractivity contribution >= 4 is 22.7 Å². The molecule has 0 spiro atoms. The average Bonchev–Trinajstić information content (AvgIpc) is 3.34. The zero-order chi connectivity index (χ0) is 25.2. The van der Waals surface area contributed by atoms with Crippen LogP contribution in [-0.4, -0.2) is 40.8 Å². The van der Waals surface area contributed by atoms with E-state index in [2.05, 4.69) is 10.3 Å². The molecule has 5 nitrogen and oxygen atoms in total. The molecule has 2 aliphatic rings. The molecule has 3 atom stereocenters. The van der Waals surface area contributed by atoms with Crippen LogP contribution in [0.25, 0.3) is 22.0 Å². The molecule has 1 saturated heterocycles. The number of aromatic nitrogens is 1. The summed E-state index contributed by atoms with van der Waals surface area (Å²) in [6.07, 6.45) is 6.36. The maximum Gasteiger partial charge on any atom is 0.254 e. The molecule has 2 amide bonds. The van der Waals surface area contributed by atoms with Crippen LogP contribution in [0.2, 0.25) is 0 Å². The normalized spacial score (nSPS) is 21.0. The summed E-state index contributed by atoms with van der Waals surface area (Å²) in [6.45, 7) is 1.20. The summed E-state index contributed by atoms with van der Waals surface area (Å²) in [4.78, 5) is 33.9. The number of hydrogen-bond donors (Lipinski definition) is 1. The molecule has 37 heavy (non-hydrogen) atoms. The smallest absolute Gasteiger partial charge is 0.254 e. The lowest BCUT2D eigenvalue weighted by Gasteiger charge is -2.31. The second-order valence-electron chi connectivity index (χ2n) is 10.2. The first kappa shape index (κ1) is 23.4. The standard InChI is InChI=1S/C32H31N3O2/c36-31(28-18-8-13-23-14-9-19-33-30(23)28)34-20-29-26-16-5-4-12-24(26)21-35(29)32(37)27-17-7-6-15-25(27)22-10-2-1-3-11-22/h1-3,6-11,13-15,17-19,24,26,29H,4-5,12,16,20-21H2,(H,34,36)/t24-,26+,29-/m1/s1. The summed E-state index contributed by atoms with van der Waals surface area (Å²) in [7, 11) is 0. The van der Waals surface area contributed by atoms with Crippen LogP contribution in [0.15, 0.2) is 91.1 Å². The van der Waals surface area contributed by atoms with Gasteiger partial charge in [-0.05, 0) is 54.0 Å². The Bertz CT molecular complexity index is 1430. The largest absolute Gasteiger partial charge is 0.350 e. The number of amides is 2. The first-order valence-electron chi connectivity index (χ1n) is 13.3. The molecule has 2 fully saturated rings. The third kappa shape index (κ3) is 4.50. The Hall–Kier alpha value is -3.99. The van der Waals surface area contributed by atoms with Crippen molar-refractivity contribution < 1.29 is 9.59 Å². The summed E-state index contributed by atoms with van der Waals surface area (Å²) in [5.74, 6) is 0.816. The van der Waals surface area contributed by atoms with Crippen LogP contribution in [-0.2, 0) is 0 Å². The van der Waals surface area contributed by atoms with E-state index < -0.39 is 0 Å². The van der Waals surface area contributed by atoms with Crippen molar-refractivity contribution in [2.75, 3.05) is 13.1 Å². The Morgan fingerprint density at radius 1 is 0.838 bits per heavy atom. The first-order valence-corrected chi connectivity index (χ1v) is 13.3. The van der Waals surface area contributed by atoms with Gasteiger partial charge < -0.3 is 10.2 Å². The fourth-order valence-corrected chi connectivity index (χ4v) is 6.36. The van der Waals surface area contributed by atoms with E-state index in [9.17, 15) is 9.59 Å². The molecule has 0 radical (unpaired) electrons. The predicted octanol–water partition coefficient (Wildman–Crippen LogP) is 5.96. The highest BCUT2D eigenvalue weighted by Gasteiger charge is 2.45. The molecule has 3 aromatic carbocycles. The van der Waals surface area contributed by atoms with Crippen molar-refractivity contribution in [3.05, 3.63) is 102 Å². The van der Waals surface area contributed by atoms with E-state index >= 15 is 0 Å². The maximum absolute atomic E-state index is 14.1. The molecule has 4 aromatic rings. The van der Waals surface area contributed by atoms with Crippen LogP contribution >= 0.6 is 0 Å². The van der Waals surface area contributed by atoms with Crippen molar-refractivity contribution in [3.8, 4) is 11.1 Å². The van der Waals surface area contributed by atoms with Crippen molar-refractivity contribution in [1.82, 2.24) is 15.2 Å². The van der Waals surface area contributed by atoms with Crippen molar-refractivity contribution in [3.63, 3.8) is 0 Å². The van der Waals surface area contributed by atoms with Gasteiger partial charge in [0.05, 0.1) is 17.1 Å². The predicted molar refractivity (Wildman–Crippen MR) is 146 cm³/mol. The summed E-state index contributed by atoms with van der Waals surface area (Å²) in [5.41, 5.74) is 3.99. The second-order valence-corrected chi connectivity index (χ2v) is 10.2. The number of nitrogens with zero attached hydrogens (tertiary/aromatic N) is 2. The fourth-order valence-electron chi connectivity index (χ4n) is 6.36. The van der Waals surface area contributed by atoms with Gasteiger partial charge in [0.15, 0.2) is 0 Å². The molecule has 1 saturated carbocycles. The maximum atomic E-state index is 14.1. The van der Waals surface area contributed by atoms with Crippen molar-refractivity contribution in [2.45, 2.75) is 31.7 Å². The highest BCUT2D eigenvalue weighted by molar-refractivity contribution is 6.05. The van der Waals surface area contributed by atoms with Crippen LogP contribution in [0, 0.1) is 11.8 Å². The third-order valence-corrected chi connectivity index (χ3v) is 8.15. The second kappa shape index (κ2) is 10.2. The van der Waals surface area contributed by atoms with Crippen LogP contribution in [0.1, 0.15) is 46.4 Å². The third-order valence-electron chi connectivity index (χ3n) is 8.15. The number of benzene rings is 3. The highest BCUT2D eigenvalue weighted by Crippen LogP contribution is 2.41. The van der Waals surface area contributed by atoms with Gasteiger partial charge in [0, 0.05) is 30.2 Å². The molecular weight excluding hydrogens is 458 g/mol. The molecule has 1 N–H and O–H groups in total. The molecule has 6 rings (SSSR count). The number of likely N-dealkylation sites (tertiary alicyclic amines) is 1. The van der Waals surface area contributed by atoms with Gasteiger partial charge in [-0.15, -0.1) is 0 Å². The van der Waals surface area contributed by atoms with Crippen LogP contribution < -0.4 is 5.32 Å². The van der Waals surface area contributed by atoms with Crippen LogP contribution in [0.5, 0.6) is 0 Å². The number of hydrogen-bond acceptors (Lipinski definition) is 3. The van der Waals surface area contributed by atoms with E-state index in [0.29, 0.717) is 29.5 Å². The van der Waals surface area contributed by atoms with Crippen molar-refractivity contribution in [1.29, 1.82) is 0 Å². The quantitative estimate of drug-likeness (QED) is 0.376. The SMILES string of the molecule is O=C(NC[C@@H]1[C@H]2CCCC[C@@H]2CN1C(=O)c1ccccc1-c1ccccc1)c1cccc2cccnc12. The number of para-hydroxylation sites is 1. The zero-order valence-electron chi connectivity index (χ0n) is 20.8. The Labute approximate surface area is 217 Å². The Morgan fingerprint density at radius 2 is 1.59 bits per heavy atom. The Kier molecular flexibility index (Phi) is 6.44. The van der Waals surface area contributed by atoms with Gasteiger partial charge in [0.1, 0.15) is 0 Å². The van der Waals surface area contributed by atoms with E-state index in [1.807, 2.05) is 89.8 Å². The van der Waals surface area contributed by atoms with Crippen LogP contribution in [0.4, 0.5) is 0 Å². The lowest BCUT2D eigenvalue weighted by Crippen LogP contribution is -2.46. The lowest BCUT2D eigenvalue weighted by molar-refractivity contribution is 0.0704. The van der Waals surface area contributed by atoms with Gasteiger partial charge >= 0.3 is 0 Å². The topological polar surface area (TPSA) is 62.3 Å². The molecule has 0 unspecified atom stereocenters. The fraction of sp³-hybridized carbons (Fsp3) is 0.281. The number of pyridine rings is 1. The van der Waals surface area contributed by atoms with E-state index in [0.717, 1.165) is 41.5 Å². The molecule has 1 aromatic heterocycles. The minimum Gasteiger partial charge on any atom is -0.350 e. The number of rotatable bonds is 5. The van der Waals surface area contributed by atoms with E-state index in [1.54, 1.807) is 6.20 Å². The zero-order valence-corrected chi connectivity index (χ0v) is 20.8. The molecule has 0 bridgehead atoms. The highest BCUT2D eigenvalue weighted by atomic mass is 16.2. The summed E-state index contributed by atoms with van der Waals surface area (Å²) < 4.78 is 0. The Balaban J connectivity index is 1.28. The monoisotopic (exact) mass is 489 g/mol. The van der Waals surface area contributed by atoms with Gasteiger partial charge in [-0.25, -0.2) is 0 Å². The van der Waals surface area contributed by atoms with Gasteiger partial charge in [-0.1, -0.05) is 79.6 Å². The summed E-state index contributed by atoms with van der Waals surface area (Å²) in [5, 5.41) is 4.12. The molecule has 1 aliphatic carbocycles. The van der Waals surface area contributed by atoms with Crippen LogP contribution in [0.3, 0.4) is 0 Å². The minimum absolute atomic E-state index is 0.0199. The molecular formula is C32H31N3O2. The van der Waals surface area contributed by atoms with Gasteiger partial charge in [-0.2, -0.15) is 0 Å². The summed E-state index contributed by atoms with van der Waals surface area (Å²) in [6, 6.07) is 27.5. The number of carbonyl (C=O) groups is 2. The Morgan fingerprint density at radius 3 is 2.49 bits per heavy atom. The van der Waals surface area contributed by atoms with E-state index in [1.165, 1.54) is 12.8 Å². The van der Waals surface area contributed by atoms with E-state index in [-0.39, 0.29) is 17.9 Å². The van der Waals surface area contributed by atoms with Gasteiger partial charge in [0.25, 0.3) is 11.8 Å². The lowest BCUT2D eigenvalue weighted by atomic mass is 9.78. The summed E-state index contributed by atoms with van der Waals surface area (Å²) >= 11 is 0. The number of carbonyl (C=O) groups excluding carboxylic acids is 2. The van der Waals surface area contributed by atoms with Gasteiger partial charge in [0.2, 0.25) is 0 Å². The molecule has 5 heteroatoms. The van der Waals surface area contributed by atoms with Crippen molar-refractivity contribution in [2.24, 2.45) is 11.8 Å². The molecule has 2 heterocycles. The minimum atomic E-state index is -0.138. The van der Waals surface area contributed by atoms with E-state index in [4.69, 9.17) is 0 Å². The first-order chi connectivity index (χ1) is 18.2. The molecule has 186 valence electrons.